The van der Waals surface area contributed by atoms with Gasteiger partial charge in [0.05, 0.1) is 18.8 Å². The van der Waals surface area contributed by atoms with E-state index in [1.165, 1.54) is 6.92 Å². The van der Waals surface area contributed by atoms with Crippen LogP contribution in [0.3, 0.4) is 0 Å². The topological polar surface area (TPSA) is 193 Å². The highest BCUT2D eigenvalue weighted by Gasteiger charge is 2.46. The first kappa shape index (κ1) is 38.8. The Morgan fingerprint density at radius 2 is 1.57 bits per heavy atom. The molecule has 6 rings (SSSR count). The van der Waals surface area contributed by atoms with Crippen molar-refractivity contribution in [1.29, 1.82) is 0 Å². The summed E-state index contributed by atoms with van der Waals surface area (Å²) in [4.78, 5) is 69.1. The summed E-state index contributed by atoms with van der Waals surface area (Å²) in [6.07, 6.45) is 1.19. The molecule has 3 aromatic rings. The fourth-order valence-electron chi connectivity index (χ4n) is 6.58. The Morgan fingerprint density at radius 3 is 2.21 bits per heavy atom. The van der Waals surface area contributed by atoms with E-state index in [-0.39, 0.29) is 57.8 Å². The summed E-state index contributed by atoms with van der Waals surface area (Å²) in [6.45, 7) is 5.41. The lowest BCUT2D eigenvalue weighted by Crippen LogP contribution is -2.62. The number of carbonyl (C=O) groups is 5. The number of ether oxygens (including phenoxy) is 2. The van der Waals surface area contributed by atoms with Crippen molar-refractivity contribution in [3.8, 4) is 11.5 Å². The molecule has 0 radical (unpaired) electrons. The molecule has 284 valence electrons. The fourth-order valence-corrected chi connectivity index (χ4v) is 6.58. The standard InChI is InChI=1S/C38H49N7O8/c1-24-30(26(3)44(4)43-24)14-15-33(47)45-19-16-38(17-20-45)37(51)42-31(22-27-8-6-5-7-9-27)35(49)41-32(23-46)36(50)40-25(2)34(48)39-18-21-52-28-10-12-29(53-38)13-11-28/h5-13,25,31-32,46H,14-23H2,1-4H3,(H,39,48)(H,40,50)(H,41,49)(H,42,51)/t25-,31+,32-/m0/s1. The molecule has 5 N–H and O–H groups in total. The van der Waals surface area contributed by atoms with Crippen molar-refractivity contribution in [2.75, 3.05) is 32.8 Å². The van der Waals surface area contributed by atoms with Crippen LogP contribution in [0.2, 0.25) is 0 Å². The second-order valence-corrected chi connectivity index (χ2v) is 13.6. The Labute approximate surface area is 308 Å². The summed E-state index contributed by atoms with van der Waals surface area (Å²) in [6, 6.07) is 12.2. The number of aryl methyl sites for hydroxylation is 2. The summed E-state index contributed by atoms with van der Waals surface area (Å²) < 4.78 is 14.1. The fraction of sp³-hybridized carbons (Fsp3) is 0.474. The van der Waals surface area contributed by atoms with Gasteiger partial charge in [-0.3, -0.25) is 28.7 Å². The maximum atomic E-state index is 14.5. The number of likely N-dealkylation sites (tertiary alicyclic amines) is 1. The van der Waals surface area contributed by atoms with Gasteiger partial charge in [0.1, 0.15) is 36.2 Å². The molecule has 15 nitrogen and oxygen atoms in total. The van der Waals surface area contributed by atoms with Crippen LogP contribution >= 0.6 is 0 Å². The largest absolute Gasteiger partial charge is 0.492 e. The number of carbonyl (C=O) groups excluding carboxylic acids is 5. The molecule has 2 bridgehead atoms. The zero-order valence-electron chi connectivity index (χ0n) is 30.6. The first-order valence-corrected chi connectivity index (χ1v) is 17.9. The highest BCUT2D eigenvalue weighted by atomic mass is 16.5. The molecule has 1 saturated heterocycles. The van der Waals surface area contributed by atoms with Gasteiger partial charge in [-0.15, -0.1) is 0 Å². The molecule has 1 spiro atoms. The van der Waals surface area contributed by atoms with Crippen molar-refractivity contribution in [3.05, 3.63) is 77.1 Å². The number of aliphatic hydroxyl groups is 1. The quantitative estimate of drug-likeness (QED) is 0.226. The Morgan fingerprint density at radius 1 is 0.906 bits per heavy atom. The molecule has 15 heteroatoms. The summed E-state index contributed by atoms with van der Waals surface area (Å²) in [5.41, 5.74) is 2.23. The maximum Gasteiger partial charge on any atom is 0.265 e. The predicted octanol–water partition coefficient (Wildman–Crippen LogP) is 0.628. The molecular weight excluding hydrogens is 682 g/mol. The molecule has 0 unspecified atom stereocenters. The Hall–Kier alpha value is -5.44. The van der Waals surface area contributed by atoms with Crippen molar-refractivity contribution in [3.63, 3.8) is 0 Å². The number of hydrogen-bond acceptors (Lipinski definition) is 9. The molecule has 3 atom stereocenters. The number of rotatable bonds is 6. The maximum absolute atomic E-state index is 14.5. The first-order valence-electron chi connectivity index (χ1n) is 17.9. The van der Waals surface area contributed by atoms with Gasteiger partial charge in [0, 0.05) is 51.5 Å². The average Bonchev–Trinajstić information content (AvgIpc) is 3.40. The second-order valence-electron chi connectivity index (χ2n) is 13.6. The van der Waals surface area contributed by atoms with Crippen LogP contribution in [0, 0.1) is 13.8 Å². The third kappa shape index (κ3) is 9.71. The first-order chi connectivity index (χ1) is 25.4. The molecule has 5 amide bonds. The SMILES string of the molecule is Cc1nn(C)c(C)c1CCC(=O)N1CCC2(CC1)Oc1ccc(cc1)OCCNC(=O)[C@H](C)NC(=O)[C@H](CO)NC(=O)[C@@H](Cc1ccccc1)NC2=O. The van der Waals surface area contributed by atoms with E-state index in [2.05, 4.69) is 26.4 Å². The van der Waals surface area contributed by atoms with E-state index in [4.69, 9.17) is 9.47 Å². The molecule has 3 aliphatic rings. The number of nitrogens with zero attached hydrogens (tertiary/aromatic N) is 3. The molecule has 1 fully saturated rings. The minimum Gasteiger partial charge on any atom is -0.492 e. The van der Waals surface area contributed by atoms with Crippen LogP contribution < -0.4 is 30.7 Å². The van der Waals surface area contributed by atoms with Gasteiger partial charge in [-0.2, -0.15) is 5.10 Å². The van der Waals surface area contributed by atoms with E-state index in [1.807, 2.05) is 39.1 Å². The average molecular weight is 732 g/mol. The number of aromatic nitrogens is 2. The van der Waals surface area contributed by atoms with Gasteiger partial charge in [0.25, 0.3) is 5.91 Å². The lowest BCUT2D eigenvalue weighted by molar-refractivity contribution is -0.148. The number of piperidine rings is 1. The van der Waals surface area contributed by atoms with Crippen LogP contribution in [0.4, 0.5) is 0 Å². The number of aliphatic hydroxyl groups excluding tert-OH is 1. The predicted molar refractivity (Wildman–Crippen MR) is 194 cm³/mol. The van der Waals surface area contributed by atoms with Crippen LogP contribution in [-0.4, -0.2) is 106 Å². The zero-order valence-corrected chi connectivity index (χ0v) is 30.6. The number of nitrogens with one attached hydrogen (secondary N) is 4. The Bertz CT molecular complexity index is 1770. The number of benzene rings is 2. The van der Waals surface area contributed by atoms with E-state index < -0.39 is 54.0 Å². The van der Waals surface area contributed by atoms with Crippen molar-refractivity contribution >= 4 is 29.5 Å². The second kappa shape index (κ2) is 17.4. The smallest absolute Gasteiger partial charge is 0.265 e. The molecule has 1 aromatic heterocycles. The highest BCUT2D eigenvalue weighted by molar-refractivity contribution is 5.95. The van der Waals surface area contributed by atoms with Crippen LogP contribution in [0.15, 0.2) is 54.6 Å². The molecule has 2 aromatic carbocycles. The van der Waals surface area contributed by atoms with Crippen molar-refractivity contribution < 1.29 is 38.6 Å². The molecule has 53 heavy (non-hydrogen) atoms. The van der Waals surface area contributed by atoms with Crippen LogP contribution in [0.5, 0.6) is 11.5 Å². The number of hydrogen-bond donors (Lipinski definition) is 5. The molecule has 4 heterocycles. The van der Waals surface area contributed by atoms with Gasteiger partial charge in [-0.05, 0) is 62.6 Å². The highest BCUT2D eigenvalue weighted by Crippen LogP contribution is 2.31. The third-order valence-electron chi connectivity index (χ3n) is 9.86. The number of fused-ring (bicyclic) bond motifs is 15. The normalized spacial score (nSPS) is 21.5. The van der Waals surface area contributed by atoms with E-state index >= 15 is 0 Å². The van der Waals surface area contributed by atoms with Crippen molar-refractivity contribution in [2.45, 2.75) is 76.6 Å². The van der Waals surface area contributed by atoms with Gasteiger partial charge in [0.15, 0.2) is 5.60 Å². The minimum absolute atomic E-state index is 0.0449. The van der Waals surface area contributed by atoms with Gasteiger partial charge >= 0.3 is 0 Å². The van der Waals surface area contributed by atoms with Crippen LogP contribution in [-0.2, 0) is 43.9 Å². The molecular formula is C38H49N7O8. The lowest BCUT2D eigenvalue weighted by Gasteiger charge is -2.41. The molecule has 3 aliphatic heterocycles. The molecule has 0 saturated carbocycles. The van der Waals surface area contributed by atoms with Crippen LogP contribution in [0.25, 0.3) is 0 Å². The van der Waals surface area contributed by atoms with Crippen LogP contribution in [0.1, 0.15) is 48.7 Å². The van der Waals surface area contributed by atoms with Crippen molar-refractivity contribution in [1.82, 2.24) is 35.9 Å². The third-order valence-corrected chi connectivity index (χ3v) is 9.86. The van der Waals surface area contributed by atoms with E-state index in [0.29, 0.717) is 17.9 Å². The summed E-state index contributed by atoms with van der Waals surface area (Å²) in [5.74, 6) is -1.69. The van der Waals surface area contributed by atoms with E-state index in [9.17, 15) is 29.1 Å². The van der Waals surface area contributed by atoms with E-state index in [1.54, 1.807) is 46.0 Å². The molecule has 0 aliphatic carbocycles. The number of amides is 5. The van der Waals surface area contributed by atoms with Gasteiger partial charge < -0.3 is 40.7 Å². The van der Waals surface area contributed by atoms with Gasteiger partial charge in [-0.1, -0.05) is 30.3 Å². The van der Waals surface area contributed by atoms with Crippen molar-refractivity contribution in [2.24, 2.45) is 7.05 Å². The minimum atomic E-state index is -1.46. The monoisotopic (exact) mass is 731 g/mol. The van der Waals surface area contributed by atoms with E-state index in [0.717, 1.165) is 22.5 Å². The summed E-state index contributed by atoms with van der Waals surface area (Å²) in [5, 5.41) is 25.2. The summed E-state index contributed by atoms with van der Waals surface area (Å²) in [7, 11) is 1.88. The van der Waals surface area contributed by atoms with Gasteiger partial charge in [-0.25, -0.2) is 0 Å². The zero-order chi connectivity index (χ0) is 38.1. The Balaban J connectivity index is 1.40. The lowest BCUT2D eigenvalue weighted by atomic mass is 9.88. The van der Waals surface area contributed by atoms with Gasteiger partial charge in [0.2, 0.25) is 23.6 Å². The summed E-state index contributed by atoms with van der Waals surface area (Å²) >= 11 is 0. The Kier molecular flexibility index (Phi) is 12.7.